The average molecular weight is 394 g/mol. The Morgan fingerprint density at radius 1 is 1.19 bits per heavy atom. The Labute approximate surface area is 154 Å². The topological polar surface area (TPSA) is 85.9 Å². The first kappa shape index (κ1) is 17.1. The molecule has 1 aromatic carbocycles. The van der Waals surface area contributed by atoms with E-state index in [4.69, 9.17) is 21.1 Å². The number of nitrogens with zero attached hydrogens (tertiary/aromatic N) is 5. The molecule has 0 aliphatic carbocycles. The van der Waals surface area contributed by atoms with Crippen LogP contribution in [0.25, 0.3) is 17.1 Å². The number of pyridine rings is 1. The van der Waals surface area contributed by atoms with Gasteiger partial charge in [0.1, 0.15) is 11.8 Å². The van der Waals surface area contributed by atoms with E-state index in [0.29, 0.717) is 29.3 Å². The van der Waals surface area contributed by atoms with Gasteiger partial charge in [0.2, 0.25) is 6.79 Å². The molecule has 0 spiro atoms. The van der Waals surface area contributed by atoms with Gasteiger partial charge in [0, 0.05) is 11.8 Å². The average Bonchev–Trinajstić information content (AvgIpc) is 3.26. The van der Waals surface area contributed by atoms with E-state index in [1.165, 1.54) is 0 Å². The predicted octanol–water partition coefficient (Wildman–Crippen LogP) is 3.60. The van der Waals surface area contributed by atoms with Gasteiger partial charge in [0.25, 0.3) is 0 Å². The summed E-state index contributed by atoms with van der Waals surface area (Å²) in [4.78, 5) is 3.70. The van der Waals surface area contributed by atoms with Crippen LogP contribution in [0.1, 0.15) is 11.3 Å². The lowest BCUT2D eigenvalue weighted by Crippen LogP contribution is -2.09. The molecule has 0 saturated heterocycles. The molecule has 3 heterocycles. The number of alkyl halides is 3. The molecule has 11 heteroatoms. The highest BCUT2D eigenvalue weighted by atomic mass is 35.5. The highest BCUT2D eigenvalue weighted by Crippen LogP contribution is 2.37. The minimum Gasteiger partial charge on any atom is -0.454 e. The molecule has 0 unspecified atom stereocenters. The van der Waals surface area contributed by atoms with Gasteiger partial charge in [-0.05, 0) is 24.3 Å². The molecule has 7 nitrogen and oxygen atoms in total. The number of hydrogen-bond acceptors (Lipinski definition) is 6. The van der Waals surface area contributed by atoms with Crippen molar-refractivity contribution in [2.75, 3.05) is 6.79 Å². The standard InChI is InChI=1S/C16H7ClF3N5O2/c17-10-4-9(16(18,19)20)6-22-15(10)25-11(5-21)14(23-24-25)8-1-2-12-13(3-8)27-7-26-12/h1-4,6H,7H2. The second kappa shape index (κ2) is 6.14. The van der Waals surface area contributed by atoms with Crippen LogP contribution in [0.2, 0.25) is 5.02 Å². The van der Waals surface area contributed by atoms with Gasteiger partial charge >= 0.3 is 6.18 Å². The fourth-order valence-corrected chi connectivity index (χ4v) is 2.76. The lowest BCUT2D eigenvalue weighted by atomic mass is 10.1. The van der Waals surface area contributed by atoms with E-state index in [1.54, 1.807) is 18.2 Å². The molecule has 0 saturated carbocycles. The van der Waals surface area contributed by atoms with Crippen LogP contribution in [-0.2, 0) is 6.18 Å². The normalized spacial score (nSPS) is 12.9. The molecular weight excluding hydrogens is 387 g/mol. The third-order valence-electron chi connectivity index (χ3n) is 3.77. The third kappa shape index (κ3) is 2.92. The van der Waals surface area contributed by atoms with Crippen LogP contribution >= 0.6 is 11.6 Å². The number of hydrogen-bond donors (Lipinski definition) is 0. The Hall–Kier alpha value is -3.32. The van der Waals surface area contributed by atoms with Gasteiger partial charge in [0.15, 0.2) is 23.0 Å². The smallest absolute Gasteiger partial charge is 0.417 e. The van der Waals surface area contributed by atoms with E-state index < -0.39 is 11.7 Å². The maximum absolute atomic E-state index is 12.8. The summed E-state index contributed by atoms with van der Waals surface area (Å²) in [5.74, 6) is 0.898. The molecule has 4 rings (SSSR count). The Balaban J connectivity index is 1.79. The molecule has 27 heavy (non-hydrogen) atoms. The molecule has 0 bridgehead atoms. The molecular formula is C16H7ClF3N5O2. The quantitative estimate of drug-likeness (QED) is 0.661. The van der Waals surface area contributed by atoms with E-state index in [1.807, 2.05) is 6.07 Å². The molecule has 0 amide bonds. The van der Waals surface area contributed by atoms with Crippen molar-refractivity contribution in [1.29, 1.82) is 5.26 Å². The maximum Gasteiger partial charge on any atom is 0.417 e. The first-order valence-corrected chi connectivity index (χ1v) is 7.75. The zero-order valence-electron chi connectivity index (χ0n) is 13.2. The van der Waals surface area contributed by atoms with Crippen molar-refractivity contribution in [3.63, 3.8) is 0 Å². The van der Waals surface area contributed by atoms with E-state index >= 15 is 0 Å². The van der Waals surface area contributed by atoms with Crippen molar-refractivity contribution in [3.05, 3.63) is 46.7 Å². The summed E-state index contributed by atoms with van der Waals surface area (Å²) in [5, 5.41) is 17.0. The Morgan fingerprint density at radius 2 is 1.96 bits per heavy atom. The summed E-state index contributed by atoms with van der Waals surface area (Å²) in [6, 6.07) is 7.58. The number of aromatic nitrogens is 4. The summed E-state index contributed by atoms with van der Waals surface area (Å²) in [7, 11) is 0. The highest BCUT2D eigenvalue weighted by molar-refractivity contribution is 6.32. The fraction of sp³-hybridized carbons (Fsp3) is 0.125. The molecule has 0 fully saturated rings. The van der Waals surface area contributed by atoms with Crippen LogP contribution in [-0.4, -0.2) is 26.8 Å². The number of fused-ring (bicyclic) bond motifs is 1. The first-order valence-electron chi connectivity index (χ1n) is 7.37. The van der Waals surface area contributed by atoms with Crippen molar-refractivity contribution < 1.29 is 22.6 Å². The van der Waals surface area contributed by atoms with Gasteiger partial charge in [-0.25, -0.2) is 4.98 Å². The number of halogens is 4. The van der Waals surface area contributed by atoms with E-state index in [2.05, 4.69) is 15.3 Å². The lowest BCUT2D eigenvalue weighted by Gasteiger charge is -2.09. The Bertz CT molecular complexity index is 1090. The first-order chi connectivity index (χ1) is 12.9. The number of benzene rings is 1. The van der Waals surface area contributed by atoms with Gasteiger partial charge in [-0.2, -0.15) is 23.1 Å². The molecule has 0 atom stereocenters. The molecule has 1 aliphatic rings. The number of ether oxygens (including phenoxy) is 2. The molecule has 2 aromatic heterocycles. The van der Waals surface area contributed by atoms with E-state index in [-0.39, 0.29) is 29.0 Å². The number of nitriles is 1. The zero-order chi connectivity index (χ0) is 19.2. The molecule has 0 radical (unpaired) electrons. The van der Waals surface area contributed by atoms with Crippen molar-refractivity contribution in [3.8, 4) is 34.6 Å². The van der Waals surface area contributed by atoms with E-state index in [0.717, 1.165) is 4.68 Å². The van der Waals surface area contributed by atoms with Gasteiger partial charge in [-0.15, -0.1) is 5.10 Å². The van der Waals surface area contributed by atoms with E-state index in [9.17, 15) is 18.4 Å². The predicted molar refractivity (Wildman–Crippen MR) is 85.4 cm³/mol. The summed E-state index contributed by atoms with van der Waals surface area (Å²) in [6.45, 7) is 0.0850. The second-order valence-corrected chi connectivity index (χ2v) is 5.81. The summed E-state index contributed by atoms with van der Waals surface area (Å²) < 4.78 is 49.8. The maximum atomic E-state index is 12.8. The van der Waals surface area contributed by atoms with Crippen LogP contribution in [0.3, 0.4) is 0 Å². The van der Waals surface area contributed by atoms with Crippen LogP contribution in [0.4, 0.5) is 13.2 Å². The molecule has 1 aliphatic heterocycles. The van der Waals surface area contributed by atoms with Gasteiger partial charge in [-0.1, -0.05) is 16.8 Å². The zero-order valence-corrected chi connectivity index (χ0v) is 13.9. The minimum atomic E-state index is -4.59. The van der Waals surface area contributed by atoms with Crippen LogP contribution in [0, 0.1) is 11.3 Å². The molecule has 136 valence electrons. The highest BCUT2D eigenvalue weighted by Gasteiger charge is 2.32. The third-order valence-corrected chi connectivity index (χ3v) is 4.05. The van der Waals surface area contributed by atoms with Crippen molar-refractivity contribution in [2.45, 2.75) is 6.18 Å². The molecule has 3 aromatic rings. The molecule has 0 N–H and O–H groups in total. The summed E-state index contributed by atoms with van der Waals surface area (Å²) in [6.07, 6.45) is -3.97. The largest absolute Gasteiger partial charge is 0.454 e. The van der Waals surface area contributed by atoms with Gasteiger partial charge in [-0.3, -0.25) is 0 Å². The van der Waals surface area contributed by atoms with Crippen molar-refractivity contribution >= 4 is 11.6 Å². The Morgan fingerprint density at radius 3 is 2.67 bits per heavy atom. The second-order valence-electron chi connectivity index (χ2n) is 5.41. The summed E-state index contributed by atoms with van der Waals surface area (Å²) in [5.41, 5.74) is -0.326. The summed E-state index contributed by atoms with van der Waals surface area (Å²) >= 11 is 5.93. The van der Waals surface area contributed by atoms with Crippen LogP contribution in [0.15, 0.2) is 30.5 Å². The lowest BCUT2D eigenvalue weighted by molar-refractivity contribution is -0.137. The van der Waals surface area contributed by atoms with Crippen LogP contribution in [0.5, 0.6) is 11.5 Å². The van der Waals surface area contributed by atoms with Crippen molar-refractivity contribution in [2.24, 2.45) is 0 Å². The van der Waals surface area contributed by atoms with Crippen molar-refractivity contribution in [1.82, 2.24) is 20.0 Å². The van der Waals surface area contributed by atoms with Crippen LogP contribution < -0.4 is 9.47 Å². The SMILES string of the molecule is N#Cc1c(-c2ccc3c(c2)OCO3)nnn1-c1ncc(C(F)(F)F)cc1Cl. The number of rotatable bonds is 2. The minimum absolute atomic E-state index is 0.0389. The fourth-order valence-electron chi connectivity index (χ4n) is 2.51. The van der Waals surface area contributed by atoms with Gasteiger partial charge in [0.05, 0.1) is 10.6 Å². The Kier molecular flexibility index (Phi) is 3.89. The van der Waals surface area contributed by atoms with Gasteiger partial charge < -0.3 is 9.47 Å². The monoisotopic (exact) mass is 393 g/mol.